The molecule has 0 fully saturated rings. The summed E-state index contributed by atoms with van der Waals surface area (Å²) in [5.74, 6) is 0.278. The molecule has 0 aliphatic carbocycles. The van der Waals surface area contributed by atoms with Crippen LogP contribution in [0.3, 0.4) is 0 Å². The molecule has 0 saturated heterocycles. The fourth-order valence-corrected chi connectivity index (χ4v) is 2.99. The van der Waals surface area contributed by atoms with E-state index in [-0.39, 0.29) is 17.6 Å². The maximum absolute atomic E-state index is 11.4. The van der Waals surface area contributed by atoms with Gasteiger partial charge in [-0.15, -0.1) is 10.2 Å². The third kappa shape index (κ3) is 3.29. The third-order valence-electron chi connectivity index (χ3n) is 1.47. The van der Waals surface area contributed by atoms with Gasteiger partial charge in [0.1, 0.15) is 9.89 Å². The number of hydrogen-bond donors (Lipinski definition) is 1. The monoisotopic (exact) mass is 274 g/mol. The minimum absolute atomic E-state index is 0.142. The van der Waals surface area contributed by atoms with E-state index >= 15 is 0 Å². The zero-order chi connectivity index (χ0) is 11.4. The van der Waals surface area contributed by atoms with E-state index in [0.717, 1.165) is 0 Å². The quantitative estimate of drug-likeness (QED) is 0.879. The highest BCUT2D eigenvalue weighted by Crippen LogP contribution is 2.22. The van der Waals surface area contributed by atoms with Crippen LogP contribution in [0.1, 0.15) is 0 Å². The molecule has 6 nitrogen and oxygen atoms in total. The summed E-state index contributed by atoms with van der Waals surface area (Å²) in [6, 6.07) is 0. The van der Waals surface area contributed by atoms with Gasteiger partial charge in [-0.2, -0.15) is 4.99 Å². The molecule has 0 spiro atoms. The lowest BCUT2D eigenvalue weighted by Crippen LogP contribution is -2.14. The van der Waals surface area contributed by atoms with E-state index in [1.165, 1.54) is 34.9 Å². The Morgan fingerprint density at radius 3 is 3.12 bits per heavy atom. The normalized spacial score (nSPS) is 15.0. The lowest BCUT2D eigenvalue weighted by molar-refractivity contribution is -0.115. The Kier molecular flexibility index (Phi) is 3.91. The van der Waals surface area contributed by atoms with E-state index in [1.807, 2.05) is 0 Å². The summed E-state index contributed by atoms with van der Waals surface area (Å²) in [6.07, 6.45) is 0. The van der Waals surface area contributed by atoms with E-state index in [1.54, 1.807) is 5.51 Å². The highest BCUT2D eigenvalue weighted by atomic mass is 32.2. The van der Waals surface area contributed by atoms with Crippen molar-refractivity contribution in [3.05, 3.63) is 5.51 Å². The van der Waals surface area contributed by atoms with Crippen molar-refractivity contribution in [3.63, 3.8) is 0 Å². The van der Waals surface area contributed by atoms with Gasteiger partial charge in [0.25, 0.3) is 5.91 Å². The standard InChI is InChI=1S/C7H6N4O2S3/c12-4(9-6-11-8-3-16-6)1-14-7-10-5(13)2-15-7/h3H,1-2H2,(H,9,11,12). The molecule has 0 unspecified atom stereocenters. The van der Waals surface area contributed by atoms with Crippen LogP contribution in [0.2, 0.25) is 0 Å². The summed E-state index contributed by atoms with van der Waals surface area (Å²) in [5.41, 5.74) is 1.54. The molecule has 0 aromatic carbocycles. The molecule has 1 aromatic heterocycles. The van der Waals surface area contributed by atoms with Crippen molar-refractivity contribution in [3.8, 4) is 0 Å². The molecule has 0 atom stereocenters. The van der Waals surface area contributed by atoms with Crippen molar-refractivity contribution < 1.29 is 9.59 Å². The lowest BCUT2D eigenvalue weighted by atomic mass is 10.7. The van der Waals surface area contributed by atoms with Crippen molar-refractivity contribution in [1.29, 1.82) is 0 Å². The molecule has 2 rings (SSSR count). The zero-order valence-corrected chi connectivity index (χ0v) is 10.3. The number of amides is 2. The van der Waals surface area contributed by atoms with Crippen LogP contribution < -0.4 is 5.32 Å². The topological polar surface area (TPSA) is 84.3 Å². The predicted octanol–water partition coefficient (Wildman–Crippen LogP) is 0.839. The van der Waals surface area contributed by atoms with Gasteiger partial charge in [0.15, 0.2) is 0 Å². The maximum Gasteiger partial charge on any atom is 0.257 e. The van der Waals surface area contributed by atoms with Crippen LogP contribution in [0.5, 0.6) is 0 Å². The molecule has 16 heavy (non-hydrogen) atoms. The van der Waals surface area contributed by atoms with Gasteiger partial charge in [-0.05, 0) is 0 Å². The first-order valence-corrected chi connectivity index (χ1v) is 7.02. The largest absolute Gasteiger partial charge is 0.300 e. The highest BCUT2D eigenvalue weighted by molar-refractivity contribution is 8.39. The second kappa shape index (κ2) is 5.41. The Morgan fingerprint density at radius 1 is 1.62 bits per heavy atom. The number of rotatable bonds is 3. The van der Waals surface area contributed by atoms with Gasteiger partial charge in [-0.1, -0.05) is 34.9 Å². The van der Waals surface area contributed by atoms with Gasteiger partial charge in [-0.25, -0.2) is 0 Å². The Morgan fingerprint density at radius 2 is 2.50 bits per heavy atom. The average molecular weight is 274 g/mol. The van der Waals surface area contributed by atoms with Crippen molar-refractivity contribution in [2.75, 3.05) is 16.8 Å². The third-order valence-corrected chi connectivity index (χ3v) is 4.26. The fourth-order valence-electron chi connectivity index (χ4n) is 0.874. The smallest absolute Gasteiger partial charge is 0.257 e. The number of carbonyl (C=O) groups excluding carboxylic acids is 2. The van der Waals surface area contributed by atoms with E-state index in [0.29, 0.717) is 15.3 Å². The van der Waals surface area contributed by atoms with Gasteiger partial charge >= 0.3 is 0 Å². The lowest BCUT2D eigenvalue weighted by Gasteiger charge is -1.99. The van der Waals surface area contributed by atoms with Crippen molar-refractivity contribution in [2.24, 2.45) is 4.99 Å². The summed E-state index contributed by atoms with van der Waals surface area (Å²) < 4.78 is 0.650. The summed E-state index contributed by atoms with van der Waals surface area (Å²) in [6.45, 7) is 0. The predicted molar refractivity (Wildman–Crippen MR) is 65.9 cm³/mol. The first-order valence-electron chi connectivity index (χ1n) is 4.17. The summed E-state index contributed by atoms with van der Waals surface area (Å²) in [7, 11) is 0. The summed E-state index contributed by atoms with van der Waals surface area (Å²) >= 11 is 3.87. The molecular formula is C7H6N4O2S3. The average Bonchev–Trinajstić information content (AvgIpc) is 2.87. The highest BCUT2D eigenvalue weighted by Gasteiger charge is 2.16. The number of aliphatic imine (C=N–C) groups is 1. The Bertz CT molecular complexity index is 431. The molecule has 1 aromatic rings. The van der Waals surface area contributed by atoms with Crippen LogP contribution in [0.25, 0.3) is 0 Å². The zero-order valence-electron chi connectivity index (χ0n) is 7.87. The van der Waals surface area contributed by atoms with Crippen LogP contribution in [0.15, 0.2) is 10.5 Å². The molecule has 1 N–H and O–H groups in total. The van der Waals surface area contributed by atoms with Gasteiger partial charge in [0.2, 0.25) is 11.0 Å². The van der Waals surface area contributed by atoms with Crippen LogP contribution in [0.4, 0.5) is 5.13 Å². The number of carbonyl (C=O) groups is 2. The maximum atomic E-state index is 11.4. The van der Waals surface area contributed by atoms with Gasteiger partial charge in [-0.3, -0.25) is 14.9 Å². The summed E-state index contributed by atoms with van der Waals surface area (Å²) in [5, 5.41) is 10.4. The van der Waals surface area contributed by atoms with Crippen LogP contribution in [-0.2, 0) is 9.59 Å². The minimum Gasteiger partial charge on any atom is -0.300 e. The van der Waals surface area contributed by atoms with E-state index < -0.39 is 0 Å². The molecular weight excluding hydrogens is 268 g/mol. The molecule has 0 radical (unpaired) electrons. The first-order chi connectivity index (χ1) is 7.74. The molecule has 2 heterocycles. The van der Waals surface area contributed by atoms with E-state index in [4.69, 9.17) is 0 Å². The molecule has 2 amide bonds. The fraction of sp³-hybridized carbons (Fsp3) is 0.286. The van der Waals surface area contributed by atoms with E-state index in [9.17, 15) is 9.59 Å². The summed E-state index contributed by atoms with van der Waals surface area (Å²) in [4.78, 5) is 26.0. The molecule has 1 aliphatic rings. The number of aromatic nitrogens is 2. The number of hydrogen-bond acceptors (Lipinski definition) is 7. The second-order valence-corrected chi connectivity index (χ2v) is 5.66. The van der Waals surface area contributed by atoms with Crippen LogP contribution in [0, 0.1) is 0 Å². The molecule has 84 valence electrons. The number of nitrogens with zero attached hydrogens (tertiary/aromatic N) is 3. The SMILES string of the molecule is O=C1CSC(SCC(=O)Nc2nncs2)=N1. The second-order valence-electron chi connectivity index (χ2n) is 2.64. The molecule has 0 bridgehead atoms. The van der Waals surface area contributed by atoms with E-state index in [2.05, 4.69) is 20.5 Å². The van der Waals surface area contributed by atoms with Crippen LogP contribution in [-0.4, -0.2) is 37.9 Å². The number of anilines is 1. The van der Waals surface area contributed by atoms with Crippen molar-refractivity contribution in [2.45, 2.75) is 0 Å². The van der Waals surface area contributed by atoms with Gasteiger partial charge in [0, 0.05) is 0 Å². The van der Waals surface area contributed by atoms with Gasteiger partial charge < -0.3 is 0 Å². The molecule has 0 saturated carbocycles. The molecule has 1 aliphatic heterocycles. The Labute approximate surface area is 103 Å². The van der Waals surface area contributed by atoms with Crippen molar-refractivity contribution >= 4 is 56.2 Å². The Hall–Kier alpha value is -0.930. The minimum atomic E-state index is -0.176. The van der Waals surface area contributed by atoms with Gasteiger partial charge in [0.05, 0.1) is 11.5 Å². The molecule has 9 heteroatoms. The van der Waals surface area contributed by atoms with Crippen molar-refractivity contribution in [1.82, 2.24) is 10.2 Å². The Balaban J connectivity index is 1.76. The number of thioether (sulfide) groups is 2. The number of nitrogens with one attached hydrogen (secondary N) is 1. The first kappa shape index (κ1) is 11.6. The van der Waals surface area contributed by atoms with Crippen LogP contribution >= 0.6 is 34.9 Å².